The summed E-state index contributed by atoms with van der Waals surface area (Å²) in [5.74, 6) is 0.0179. The number of nitriles is 1. The van der Waals surface area contributed by atoms with Crippen LogP contribution < -0.4 is 15.6 Å². The molecule has 0 bridgehead atoms. The first-order valence-electron chi connectivity index (χ1n) is 10.8. The molecule has 10 heteroatoms. The zero-order chi connectivity index (χ0) is 24.8. The summed E-state index contributed by atoms with van der Waals surface area (Å²) in [6.45, 7) is 9.72. The van der Waals surface area contributed by atoms with Gasteiger partial charge in [-0.1, -0.05) is 13.8 Å². The Balaban J connectivity index is 2.30. The molecule has 33 heavy (non-hydrogen) atoms. The highest BCUT2D eigenvalue weighted by atomic mass is 32.2. The van der Waals surface area contributed by atoms with Crippen molar-refractivity contribution in [3.63, 3.8) is 0 Å². The number of hydrogen-bond acceptors (Lipinski definition) is 6. The average Bonchev–Trinajstić information content (AvgIpc) is 2.75. The molecule has 9 nitrogen and oxygen atoms in total. The van der Waals surface area contributed by atoms with Crippen LogP contribution in [0.2, 0.25) is 0 Å². The number of carbonyl (C=O) groups is 1. The molecule has 0 atom stereocenters. The first-order valence-corrected chi connectivity index (χ1v) is 12.2. The monoisotopic (exact) mass is 474 g/mol. The van der Waals surface area contributed by atoms with E-state index in [2.05, 4.69) is 10.3 Å². The summed E-state index contributed by atoms with van der Waals surface area (Å²) >= 11 is 0. The predicted octanol–water partition coefficient (Wildman–Crippen LogP) is 2.86. The summed E-state index contributed by atoms with van der Waals surface area (Å²) in [6.07, 6.45) is 0.369. The number of aromatic amines is 1. The lowest BCUT2D eigenvalue weighted by molar-refractivity contribution is -0.116. The Morgan fingerprint density at radius 3 is 2.45 bits per heavy atom. The fraction of sp³-hybridized carbons (Fsp3) is 0.435. The zero-order valence-corrected chi connectivity index (χ0v) is 20.4. The molecule has 2 aromatic rings. The lowest BCUT2D eigenvalue weighted by Gasteiger charge is -2.20. The van der Waals surface area contributed by atoms with E-state index in [0.29, 0.717) is 43.1 Å². The van der Waals surface area contributed by atoms with Gasteiger partial charge >= 0.3 is 0 Å². The Hall–Kier alpha value is -3.16. The van der Waals surface area contributed by atoms with Crippen molar-refractivity contribution in [3.8, 4) is 11.8 Å². The molecular formula is C23H30N4O5S. The molecule has 1 heterocycles. The van der Waals surface area contributed by atoms with Crippen LogP contribution in [0.3, 0.4) is 0 Å². The van der Waals surface area contributed by atoms with Crippen molar-refractivity contribution in [1.82, 2.24) is 9.29 Å². The van der Waals surface area contributed by atoms with Crippen molar-refractivity contribution >= 4 is 21.6 Å². The molecule has 0 radical (unpaired) electrons. The third kappa shape index (κ3) is 5.80. The SMILES string of the molecule is CCOc1ccc(S(=O)(=O)N(CC)CC)cc1NC(=O)CCc1c(C)[nH]c(=O)c(C#N)c1C. The van der Waals surface area contributed by atoms with Crippen LogP contribution in [0.4, 0.5) is 5.69 Å². The van der Waals surface area contributed by atoms with E-state index in [1.54, 1.807) is 34.6 Å². The molecule has 2 rings (SSSR count). The smallest absolute Gasteiger partial charge is 0.266 e. The van der Waals surface area contributed by atoms with Gasteiger partial charge in [-0.3, -0.25) is 9.59 Å². The highest BCUT2D eigenvalue weighted by Crippen LogP contribution is 2.29. The summed E-state index contributed by atoms with van der Waals surface area (Å²) in [5.41, 5.74) is 1.73. The van der Waals surface area contributed by atoms with E-state index >= 15 is 0 Å². The van der Waals surface area contributed by atoms with Gasteiger partial charge in [-0.2, -0.15) is 9.57 Å². The molecule has 178 valence electrons. The van der Waals surface area contributed by atoms with Crippen molar-refractivity contribution in [2.24, 2.45) is 0 Å². The van der Waals surface area contributed by atoms with Crippen LogP contribution in [0.25, 0.3) is 0 Å². The second-order valence-electron chi connectivity index (χ2n) is 7.40. The Morgan fingerprint density at radius 1 is 1.21 bits per heavy atom. The highest BCUT2D eigenvalue weighted by Gasteiger charge is 2.23. The van der Waals surface area contributed by atoms with Crippen molar-refractivity contribution in [2.45, 2.75) is 52.4 Å². The largest absolute Gasteiger partial charge is 0.492 e. The van der Waals surface area contributed by atoms with Crippen LogP contribution in [-0.4, -0.2) is 43.3 Å². The first-order chi connectivity index (χ1) is 15.6. The minimum atomic E-state index is -3.71. The molecule has 0 aliphatic carbocycles. The maximum absolute atomic E-state index is 12.9. The second kappa shape index (κ2) is 11.1. The van der Waals surface area contributed by atoms with Crippen molar-refractivity contribution in [1.29, 1.82) is 5.26 Å². The van der Waals surface area contributed by atoms with E-state index in [1.807, 2.05) is 6.07 Å². The lowest BCUT2D eigenvalue weighted by Crippen LogP contribution is -2.30. The summed E-state index contributed by atoms with van der Waals surface area (Å²) in [6, 6.07) is 6.30. The third-order valence-corrected chi connectivity index (χ3v) is 7.44. The van der Waals surface area contributed by atoms with E-state index in [4.69, 9.17) is 4.74 Å². The second-order valence-corrected chi connectivity index (χ2v) is 9.34. The number of pyridine rings is 1. The Morgan fingerprint density at radius 2 is 1.88 bits per heavy atom. The van der Waals surface area contributed by atoms with Crippen molar-refractivity contribution < 1.29 is 17.9 Å². The minimum Gasteiger partial charge on any atom is -0.492 e. The number of amides is 1. The summed E-state index contributed by atoms with van der Waals surface area (Å²) < 4.78 is 32.7. The standard InChI is InChI=1S/C23H30N4O5S/c1-6-27(7-2)33(30,31)17-9-11-21(32-8-3)20(13-17)26-22(28)12-10-18-15(4)19(14-24)23(29)25-16(18)5/h9,11,13H,6-8,10,12H2,1-5H3,(H,25,29)(H,26,28). The maximum Gasteiger partial charge on any atom is 0.266 e. The number of hydrogen-bond donors (Lipinski definition) is 2. The van der Waals surface area contributed by atoms with E-state index in [0.717, 1.165) is 5.56 Å². The van der Waals surface area contributed by atoms with Crippen molar-refractivity contribution in [3.05, 3.63) is 50.9 Å². The number of aryl methyl sites for hydroxylation is 1. The number of nitrogens with one attached hydrogen (secondary N) is 2. The number of anilines is 1. The molecule has 0 aliphatic rings. The quantitative estimate of drug-likeness (QED) is 0.544. The molecule has 0 fully saturated rings. The van der Waals surface area contributed by atoms with Gasteiger partial charge in [-0.15, -0.1) is 0 Å². The molecule has 2 N–H and O–H groups in total. The highest BCUT2D eigenvalue weighted by molar-refractivity contribution is 7.89. The molecule has 0 unspecified atom stereocenters. The fourth-order valence-electron chi connectivity index (χ4n) is 3.63. The summed E-state index contributed by atoms with van der Waals surface area (Å²) in [7, 11) is -3.71. The lowest BCUT2D eigenvalue weighted by atomic mass is 9.99. The molecule has 1 aromatic heterocycles. The summed E-state index contributed by atoms with van der Waals surface area (Å²) in [4.78, 5) is 27.3. The maximum atomic E-state index is 12.9. The predicted molar refractivity (Wildman–Crippen MR) is 126 cm³/mol. The van der Waals surface area contributed by atoms with E-state index in [1.165, 1.54) is 22.5 Å². The van der Waals surface area contributed by atoms with E-state index in [9.17, 15) is 23.3 Å². The van der Waals surface area contributed by atoms with E-state index in [-0.39, 0.29) is 28.5 Å². The van der Waals surface area contributed by atoms with E-state index < -0.39 is 15.6 Å². The van der Waals surface area contributed by atoms with Gasteiger partial charge in [0.2, 0.25) is 15.9 Å². The Bertz CT molecular complexity index is 1220. The number of carbonyl (C=O) groups excluding carboxylic acids is 1. The van der Waals surface area contributed by atoms with Gasteiger partial charge in [0.05, 0.1) is 17.2 Å². The van der Waals surface area contributed by atoms with Gasteiger partial charge in [0, 0.05) is 25.2 Å². The van der Waals surface area contributed by atoms with Crippen LogP contribution >= 0.6 is 0 Å². The molecule has 0 aliphatic heterocycles. The molecule has 1 aromatic carbocycles. The first kappa shape index (κ1) is 26.1. The zero-order valence-electron chi connectivity index (χ0n) is 19.6. The average molecular weight is 475 g/mol. The molecule has 0 saturated heterocycles. The Labute approximate surface area is 194 Å². The van der Waals surface area contributed by atoms with Crippen LogP contribution in [-0.2, 0) is 21.2 Å². The fourth-order valence-corrected chi connectivity index (χ4v) is 5.12. The normalized spacial score (nSPS) is 11.3. The number of sulfonamides is 1. The van der Waals surface area contributed by atoms with Gasteiger partial charge in [-0.25, -0.2) is 8.42 Å². The third-order valence-electron chi connectivity index (χ3n) is 5.39. The topological polar surface area (TPSA) is 132 Å². The number of benzene rings is 1. The molecule has 0 saturated carbocycles. The number of rotatable bonds is 10. The van der Waals surface area contributed by atoms with Gasteiger partial charge in [0.15, 0.2) is 0 Å². The number of aromatic nitrogens is 1. The number of H-pyrrole nitrogens is 1. The molecule has 0 spiro atoms. The van der Waals surface area contributed by atoms with Gasteiger partial charge in [0.1, 0.15) is 17.4 Å². The molecule has 1 amide bonds. The van der Waals surface area contributed by atoms with Crippen molar-refractivity contribution in [2.75, 3.05) is 25.0 Å². The van der Waals surface area contributed by atoms with Crippen LogP contribution in [0.1, 0.15) is 49.6 Å². The number of ether oxygens (including phenoxy) is 1. The van der Waals surface area contributed by atoms with Gasteiger partial charge in [0.25, 0.3) is 5.56 Å². The number of nitrogens with zero attached hydrogens (tertiary/aromatic N) is 2. The van der Waals surface area contributed by atoms with Gasteiger partial charge in [-0.05, 0) is 56.5 Å². The minimum absolute atomic E-state index is 0.0314. The van der Waals surface area contributed by atoms with Crippen LogP contribution in [0.15, 0.2) is 27.9 Å². The summed E-state index contributed by atoms with van der Waals surface area (Å²) in [5, 5.41) is 12.0. The molecular weight excluding hydrogens is 444 g/mol. The van der Waals surface area contributed by atoms with Crippen LogP contribution in [0, 0.1) is 25.2 Å². The van der Waals surface area contributed by atoms with Crippen LogP contribution in [0.5, 0.6) is 5.75 Å². The van der Waals surface area contributed by atoms with Gasteiger partial charge < -0.3 is 15.0 Å². The Kier molecular flexibility index (Phi) is 8.79.